The maximum Gasteiger partial charge on any atom is 0.451 e. The minimum Gasteiger partial charge on any atom is -0.491 e. The summed E-state index contributed by atoms with van der Waals surface area (Å²) < 4.78 is 56.8. The minimum atomic E-state index is -4.65. The number of nitrogens with zero attached hydrogens (tertiary/aromatic N) is 4. The molecule has 9 nitrogen and oxygen atoms in total. The van der Waals surface area contributed by atoms with Gasteiger partial charge in [-0.1, -0.05) is 11.6 Å². The van der Waals surface area contributed by atoms with Crippen LogP contribution in [0.2, 0.25) is 4.34 Å². The number of halogens is 4. The summed E-state index contributed by atoms with van der Waals surface area (Å²) in [6.45, 7) is 10.3. The van der Waals surface area contributed by atoms with Crippen molar-refractivity contribution in [3.63, 3.8) is 0 Å². The van der Waals surface area contributed by atoms with Crippen LogP contribution >= 0.6 is 22.9 Å². The number of morpholine rings is 1. The molecule has 1 amide bonds. The van der Waals surface area contributed by atoms with E-state index in [2.05, 4.69) is 25.2 Å². The first-order valence-corrected chi connectivity index (χ1v) is 14.0. The quantitative estimate of drug-likeness (QED) is 0.332. The van der Waals surface area contributed by atoms with Crippen molar-refractivity contribution >= 4 is 28.8 Å². The second-order valence-corrected chi connectivity index (χ2v) is 12.2. The Balaban J connectivity index is 1.47. The Labute approximate surface area is 245 Å². The second-order valence-electron chi connectivity index (χ2n) is 10.5. The molecule has 1 fully saturated rings. The first-order valence-electron chi connectivity index (χ1n) is 12.8. The van der Waals surface area contributed by atoms with Crippen molar-refractivity contribution in [2.75, 3.05) is 33.0 Å². The van der Waals surface area contributed by atoms with E-state index in [0.29, 0.717) is 46.1 Å². The normalized spacial score (nSPS) is 17.3. The van der Waals surface area contributed by atoms with Gasteiger partial charge >= 0.3 is 6.18 Å². The lowest BCUT2D eigenvalue weighted by Gasteiger charge is -2.34. The molecule has 222 valence electrons. The van der Waals surface area contributed by atoms with E-state index in [-0.39, 0.29) is 23.9 Å². The van der Waals surface area contributed by atoms with Crippen LogP contribution in [0.1, 0.15) is 55.5 Å². The molecule has 1 N–H and O–H groups in total. The Morgan fingerprint density at radius 3 is 2.56 bits per heavy atom. The third-order valence-electron chi connectivity index (χ3n) is 6.01. The van der Waals surface area contributed by atoms with Crippen LogP contribution in [0, 0.1) is 0 Å². The lowest BCUT2D eigenvalue weighted by Crippen LogP contribution is -2.46. The summed E-state index contributed by atoms with van der Waals surface area (Å²) in [6, 6.07) is 4.34. The lowest BCUT2D eigenvalue weighted by atomic mass is 10.1. The van der Waals surface area contributed by atoms with Crippen molar-refractivity contribution in [3.8, 4) is 16.3 Å². The molecule has 3 heterocycles. The first kappa shape index (κ1) is 31.1. The molecule has 1 aromatic carbocycles. The molecule has 3 aromatic rings. The van der Waals surface area contributed by atoms with E-state index in [4.69, 9.17) is 25.8 Å². The SMILES string of the molecule is C[C@@H](NC(=O)c1cc(OC[C@@H]2CN(COC(C)(C)C)CCO2)cc(-c2ncc(Cl)s2)c1)c1cnc(C(F)(F)F)nc1. The highest BCUT2D eigenvalue weighted by Gasteiger charge is 2.34. The standard InChI is InChI=1S/C27H31ClF3N5O4S/c1-16(19-10-33-25(34-11-19)27(29,30)31)35-23(37)17-7-18(24-32-12-22(28)41-24)9-20(8-17)39-14-21-13-36(5-6-38-21)15-40-26(2,3)4/h7-12,16,21H,5-6,13-15H2,1-4H3,(H,35,37)/t16-,21+/m1/s1. The number of alkyl halides is 3. The molecule has 2 atom stereocenters. The van der Waals surface area contributed by atoms with E-state index in [1.807, 2.05) is 20.8 Å². The Bertz CT molecular complexity index is 1330. The highest BCUT2D eigenvalue weighted by atomic mass is 35.5. The van der Waals surface area contributed by atoms with Crippen molar-refractivity contribution in [2.24, 2.45) is 0 Å². The van der Waals surface area contributed by atoms with Gasteiger partial charge in [-0.2, -0.15) is 13.2 Å². The second kappa shape index (κ2) is 13.0. The number of ether oxygens (including phenoxy) is 3. The summed E-state index contributed by atoms with van der Waals surface area (Å²) >= 11 is 7.34. The first-order chi connectivity index (χ1) is 19.3. The zero-order valence-electron chi connectivity index (χ0n) is 23.0. The summed E-state index contributed by atoms with van der Waals surface area (Å²) in [5.74, 6) is -1.29. The molecule has 1 aliphatic heterocycles. The van der Waals surface area contributed by atoms with Crippen molar-refractivity contribution in [1.29, 1.82) is 0 Å². The zero-order chi connectivity index (χ0) is 29.8. The Kier molecular flexibility index (Phi) is 9.85. The van der Waals surface area contributed by atoms with Gasteiger partial charge in [-0.3, -0.25) is 9.69 Å². The summed E-state index contributed by atoms with van der Waals surface area (Å²) in [7, 11) is 0. The van der Waals surface area contributed by atoms with Crippen molar-refractivity contribution in [3.05, 3.63) is 58.1 Å². The molecule has 1 aliphatic rings. The monoisotopic (exact) mass is 613 g/mol. The highest BCUT2D eigenvalue weighted by molar-refractivity contribution is 7.18. The molecule has 0 bridgehead atoms. The van der Waals surface area contributed by atoms with E-state index in [0.717, 1.165) is 18.9 Å². The van der Waals surface area contributed by atoms with Crippen LogP contribution < -0.4 is 10.1 Å². The molecular weight excluding hydrogens is 583 g/mol. The van der Waals surface area contributed by atoms with Gasteiger partial charge in [-0.05, 0) is 45.9 Å². The average molecular weight is 614 g/mol. The highest BCUT2D eigenvalue weighted by Crippen LogP contribution is 2.32. The maximum absolute atomic E-state index is 13.2. The number of benzene rings is 1. The molecule has 0 aliphatic carbocycles. The van der Waals surface area contributed by atoms with Crippen molar-refractivity contribution in [1.82, 2.24) is 25.2 Å². The molecule has 0 spiro atoms. The molecule has 41 heavy (non-hydrogen) atoms. The number of aromatic nitrogens is 3. The molecule has 14 heteroatoms. The van der Waals surface area contributed by atoms with Gasteiger partial charge in [0.05, 0.1) is 31.2 Å². The number of rotatable bonds is 9. The Morgan fingerprint density at radius 2 is 1.93 bits per heavy atom. The number of carbonyl (C=O) groups is 1. The fourth-order valence-corrected chi connectivity index (χ4v) is 4.77. The molecular formula is C27H31ClF3N5O4S. The van der Waals surface area contributed by atoms with Gasteiger partial charge in [-0.15, -0.1) is 11.3 Å². The van der Waals surface area contributed by atoms with Crippen molar-refractivity contribution in [2.45, 2.75) is 51.6 Å². The van der Waals surface area contributed by atoms with Gasteiger partial charge in [0.2, 0.25) is 5.82 Å². The minimum absolute atomic E-state index is 0.206. The van der Waals surface area contributed by atoms with Crippen LogP contribution in [-0.4, -0.2) is 70.5 Å². The number of carbonyl (C=O) groups excluding carboxylic acids is 1. The van der Waals surface area contributed by atoms with Gasteiger partial charge in [0.1, 0.15) is 27.8 Å². The third kappa shape index (κ3) is 9.07. The van der Waals surface area contributed by atoms with Crippen molar-refractivity contribution < 1.29 is 32.2 Å². The topological polar surface area (TPSA) is 98.7 Å². The van der Waals surface area contributed by atoms with E-state index >= 15 is 0 Å². The zero-order valence-corrected chi connectivity index (χ0v) is 24.6. The molecule has 0 radical (unpaired) electrons. The van der Waals surface area contributed by atoms with Crippen LogP contribution in [0.4, 0.5) is 13.2 Å². The summed E-state index contributed by atoms with van der Waals surface area (Å²) in [5, 5.41) is 3.37. The smallest absolute Gasteiger partial charge is 0.451 e. The molecule has 2 aromatic heterocycles. The number of amides is 1. The lowest BCUT2D eigenvalue weighted by molar-refractivity contribution is -0.145. The van der Waals surface area contributed by atoms with Crippen LogP contribution in [0.25, 0.3) is 10.6 Å². The number of thiazole rings is 1. The van der Waals surface area contributed by atoms with E-state index in [9.17, 15) is 18.0 Å². The molecule has 0 saturated carbocycles. The largest absolute Gasteiger partial charge is 0.491 e. The van der Waals surface area contributed by atoms with Crippen LogP contribution in [-0.2, 0) is 15.7 Å². The number of hydrogen-bond donors (Lipinski definition) is 1. The van der Waals surface area contributed by atoms with Crippen LogP contribution in [0.3, 0.4) is 0 Å². The predicted molar refractivity (Wildman–Crippen MR) is 148 cm³/mol. The van der Waals surface area contributed by atoms with Crippen LogP contribution in [0.15, 0.2) is 36.8 Å². The average Bonchev–Trinajstić information content (AvgIpc) is 3.36. The van der Waals surface area contributed by atoms with Gasteiger partial charge in [0.15, 0.2) is 0 Å². The fraction of sp³-hybridized carbons (Fsp3) is 0.481. The van der Waals surface area contributed by atoms with Crippen LogP contribution in [0.5, 0.6) is 5.75 Å². The van der Waals surface area contributed by atoms with E-state index in [1.54, 1.807) is 25.1 Å². The Hall–Kier alpha value is -2.84. The summed E-state index contributed by atoms with van der Waals surface area (Å²) in [6.07, 6.45) is -1.25. The number of hydrogen-bond acceptors (Lipinski definition) is 9. The maximum atomic E-state index is 13.2. The summed E-state index contributed by atoms with van der Waals surface area (Å²) in [5.41, 5.74) is 0.963. The summed E-state index contributed by atoms with van der Waals surface area (Å²) in [4.78, 5) is 26.4. The molecule has 4 rings (SSSR count). The van der Waals surface area contributed by atoms with Gasteiger partial charge < -0.3 is 19.5 Å². The van der Waals surface area contributed by atoms with Gasteiger partial charge in [-0.25, -0.2) is 15.0 Å². The third-order valence-corrected chi connectivity index (χ3v) is 7.17. The molecule has 1 saturated heterocycles. The Morgan fingerprint density at radius 1 is 1.20 bits per heavy atom. The van der Waals surface area contributed by atoms with Gasteiger partial charge in [0, 0.05) is 42.2 Å². The van der Waals surface area contributed by atoms with E-state index < -0.39 is 23.9 Å². The number of nitrogens with one attached hydrogen (secondary N) is 1. The van der Waals surface area contributed by atoms with E-state index in [1.165, 1.54) is 17.5 Å². The fourth-order valence-electron chi connectivity index (χ4n) is 3.87. The molecule has 0 unspecified atom stereocenters. The predicted octanol–water partition coefficient (Wildman–Crippen LogP) is 5.62. The van der Waals surface area contributed by atoms with Gasteiger partial charge in [0.25, 0.3) is 5.91 Å².